The smallest absolute Gasteiger partial charge is 0.244 e. The maximum absolute atomic E-state index is 12.7. The van der Waals surface area contributed by atoms with Crippen LogP contribution in [0.25, 0.3) is 0 Å². The molecule has 0 bridgehead atoms. The third kappa shape index (κ3) is 3.80. The van der Waals surface area contributed by atoms with Crippen molar-refractivity contribution in [1.82, 2.24) is 9.29 Å². The van der Waals surface area contributed by atoms with E-state index in [1.807, 2.05) is 13.8 Å². The van der Waals surface area contributed by atoms with E-state index in [2.05, 4.69) is 16.8 Å². The minimum atomic E-state index is -3.58. The normalized spacial score (nSPS) is 23.4. The Kier molecular flexibility index (Phi) is 4.96. The van der Waals surface area contributed by atoms with Crippen LogP contribution in [0.3, 0.4) is 0 Å². The molecule has 0 spiro atoms. The van der Waals surface area contributed by atoms with Crippen molar-refractivity contribution < 1.29 is 13.2 Å². The van der Waals surface area contributed by atoms with Crippen molar-refractivity contribution in [3.63, 3.8) is 0 Å². The molecule has 1 aliphatic rings. The summed E-state index contributed by atoms with van der Waals surface area (Å²) in [6, 6.07) is 1.52. The number of aromatic nitrogens is 1. The van der Waals surface area contributed by atoms with E-state index in [0.717, 1.165) is 0 Å². The summed E-state index contributed by atoms with van der Waals surface area (Å²) in [5.41, 5.74) is 5.85. The van der Waals surface area contributed by atoms with Gasteiger partial charge >= 0.3 is 0 Å². The van der Waals surface area contributed by atoms with E-state index in [-0.39, 0.29) is 23.6 Å². The van der Waals surface area contributed by atoms with E-state index in [4.69, 9.17) is 10.5 Å². The summed E-state index contributed by atoms with van der Waals surface area (Å²) >= 11 is 0. The molecule has 2 atom stereocenters. The monoisotopic (exact) mass is 309 g/mol. The van der Waals surface area contributed by atoms with Gasteiger partial charge in [-0.1, -0.05) is 11.8 Å². The Balaban J connectivity index is 2.31. The van der Waals surface area contributed by atoms with Gasteiger partial charge in [0, 0.05) is 31.0 Å². The van der Waals surface area contributed by atoms with Crippen LogP contribution in [-0.2, 0) is 14.8 Å². The lowest BCUT2D eigenvalue weighted by Gasteiger charge is -2.34. The van der Waals surface area contributed by atoms with Crippen LogP contribution in [-0.4, -0.2) is 49.5 Å². The maximum Gasteiger partial charge on any atom is 0.244 e. The molecule has 2 rings (SSSR count). The van der Waals surface area contributed by atoms with E-state index >= 15 is 0 Å². The molecule has 0 amide bonds. The van der Waals surface area contributed by atoms with Gasteiger partial charge in [0.25, 0.3) is 0 Å². The molecular formula is C14H19N3O3S. The average Bonchev–Trinajstić information content (AvgIpc) is 2.44. The molecule has 2 N–H and O–H groups in total. The first-order chi connectivity index (χ1) is 9.93. The number of hydrogen-bond acceptors (Lipinski definition) is 5. The predicted molar refractivity (Wildman–Crippen MR) is 78.9 cm³/mol. The summed E-state index contributed by atoms with van der Waals surface area (Å²) in [4.78, 5) is 4.10. The average molecular weight is 309 g/mol. The van der Waals surface area contributed by atoms with Gasteiger partial charge in [0.2, 0.25) is 10.0 Å². The third-order valence-electron chi connectivity index (χ3n) is 3.07. The van der Waals surface area contributed by atoms with Gasteiger partial charge in [-0.05, 0) is 19.9 Å². The highest BCUT2D eigenvalue weighted by Crippen LogP contribution is 2.21. The molecule has 0 aliphatic carbocycles. The van der Waals surface area contributed by atoms with E-state index in [1.165, 1.54) is 22.8 Å². The Morgan fingerprint density at radius 1 is 1.38 bits per heavy atom. The van der Waals surface area contributed by atoms with Crippen molar-refractivity contribution in [1.29, 1.82) is 0 Å². The minimum absolute atomic E-state index is 0.128. The second-order valence-corrected chi connectivity index (χ2v) is 6.93. The summed E-state index contributed by atoms with van der Waals surface area (Å²) in [6.45, 7) is 4.62. The zero-order valence-corrected chi connectivity index (χ0v) is 12.9. The fourth-order valence-corrected chi connectivity index (χ4v) is 3.84. The van der Waals surface area contributed by atoms with Gasteiger partial charge in [0.15, 0.2) is 0 Å². The second kappa shape index (κ2) is 6.54. The summed E-state index contributed by atoms with van der Waals surface area (Å²) in [5, 5.41) is 0. The lowest BCUT2D eigenvalue weighted by atomic mass is 10.3. The van der Waals surface area contributed by atoms with Crippen LogP contribution in [0.1, 0.15) is 19.4 Å². The highest BCUT2D eigenvalue weighted by molar-refractivity contribution is 7.89. The van der Waals surface area contributed by atoms with Gasteiger partial charge in [0.1, 0.15) is 4.90 Å². The van der Waals surface area contributed by atoms with E-state index in [0.29, 0.717) is 18.7 Å². The van der Waals surface area contributed by atoms with Crippen LogP contribution in [0.5, 0.6) is 0 Å². The number of pyridine rings is 1. The highest BCUT2D eigenvalue weighted by Gasteiger charge is 2.32. The van der Waals surface area contributed by atoms with Crippen molar-refractivity contribution in [2.45, 2.75) is 31.0 Å². The molecule has 1 fully saturated rings. The van der Waals surface area contributed by atoms with Crippen LogP contribution in [0.15, 0.2) is 23.4 Å². The van der Waals surface area contributed by atoms with Crippen molar-refractivity contribution >= 4 is 10.0 Å². The molecule has 21 heavy (non-hydrogen) atoms. The molecule has 0 aromatic carbocycles. The standard InChI is InChI=1S/C14H19N3O3S/c1-11-9-17(10-12(2)20-11)21(18,19)14-6-13(4-3-5-15)7-16-8-14/h6-8,11-12H,5,9-10,15H2,1-2H3. The number of ether oxygens (including phenoxy) is 1. The largest absolute Gasteiger partial charge is 0.373 e. The lowest BCUT2D eigenvalue weighted by Crippen LogP contribution is -2.48. The minimum Gasteiger partial charge on any atom is -0.373 e. The van der Waals surface area contributed by atoms with Crippen molar-refractivity contribution in [3.8, 4) is 11.8 Å². The predicted octanol–water partition coefficient (Wildman–Crippen LogP) is 0.190. The van der Waals surface area contributed by atoms with E-state index in [1.54, 1.807) is 0 Å². The number of nitrogens with zero attached hydrogens (tertiary/aromatic N) is 2. The Hall–Kier alpha value is -1.46. The van der Waals surface area contributed by atoms with Crippen molar-refractivity contribution in [2.75, 3.05) is 19.6 Å². The van der Waals surface area contributed by atoms with Gasteiger partial charge in [-0.3, -0.25) is 4.98 Å². The van der Waals surface area contributed by atoms with Crippen molar-refractivity contribution in [2.24, 2.45) is 5.73 Å². The topological polar surface area (TPSA) is 85.5 Å². The van der Waals surface area contributed by atoms with E-state index in [9.17, 15) is 8.42 Å². The lowest BCUT2D eigenvalue weighted by molar-refractivity contribution is -0.0440. The van der Waals surface area contributed by atoms with Gasteiger partial charge in [-0.15, -0.1) is 0 Å². The summed E-state index contributed by atoms with van der Waals surface area (Å²) in [7, 11) is -3.58. The number of hydrogen-bond donors (Lipinski definition) is 1. The zero-order chi connectivity index (χ0) is 15.5. The SMILES string of the molecule is CC1CN(S(=O)(=O)c2cncc(C#CCN)c2)CC(C)O1. The fourth-order valence-electron chi connectivity index (χ4n) is 2.26. The number of nitrogens with two attached hydrogens (primary N) is 1. The highest BCUT2D eigenvalue weighted by atomic mass is 32.2. The molecule has 6 nitrogen and oxygen atoms in total. The molecule has 2 unspecified atom stereocenters. The molecule has 2 heterocycles. The van der Waals surface area contributed by atoms with Crippen LogP contribution in [0, 0.1) is 11.8 Å². The Labute approximate surface area is 125 Å². The Morgan fingerprint density at radius 2 is 2.05 bits per heavy atom. The molecule has 7 heteroatoms. The molecule has 0 radical (unpaired) electrons. The summed E-state index contributed by atoms with van der Waals surface area (Å²) in [6.07, 6.45) is 2.60. The van der Waals surface area contributed by atoms with Gasteiger partial charge < -0.3 is 10.5 Å². The fraction of sp³-hybridized carbons (Fsp3) is 0.500. The first-order valence-corrected chi connectivity index (χ1v) is 8.17. The maximum atomic E-state index is 12.7. The Bertz CT molecular complexity index is 654. The number of rotatable bonds is 2. The summed E-state index contributed by atoms with van der Waals surface area (Å²) in [5.74, 6) is 5.48. The molecule has 114 valence electrons. The third-order valence-corrected chi connectivity index (χ3v) is 4.87. The van der Waals surface area contributed by atoms with E-state index < -0.39 is 10.0 Å². The van der Waals surface area contributed by atoms with Crippen LogP contribution >= 0.6 is 0 Å². The van der Waals surface area contributed by atoms with Crippen LogP contribution < -0.4 is 5.73 Å². The zero-order valence-electron chi connectivity index (χ0n) is 12.1. The molecule has 1 aromatic heterocycles. The number of morpholine rings is 1. The molecule has 0 saturated carbocycles. The number of sulfonamides is 1. The first kappa shape index (κ1) is 15.9. The van der Waals surface area contributed by atoms with Crippen LogP contribution in [0.4, 0.5) is 0 Å². The molecule has 1 saturated heterocycles. The van der Waals surface area contributed by atoms with Crippen LogP contribution in [0.2, 0.25) is 0 Å². The van der Waals surface area contributed by atoms with Gasteiger partial charge in [-0.25, -0.2) is 8.42 Å². The second-order valence-electron chi connectivity index (χ2n) is 4.99. The van der Waals surface area contributed by atoms with Crippen molar-refractivity contribution in [3.05, 3.63) is 24.0 Å². The Morgan fingerprint density at radius 3 is 2.67 bits per heavy atom. The van der Waals surface area contributed by atoms with Gasteiger partial charge in [0.05, 0.1) is 18.8 Å². The summed E-state index contributed by atoms with van der Waals surface area (Å²) < 4.78 is 32.3. The molecular weight excluding hydrogens is 290 g/mol. The molecule has 1 aliphatic heterocycles. The first-order valence-electron chi connectivity index (χ1n) is 6.73. The van der Waals surface area contributed by atoms with Gasteiger partial charge in [-0.2, -0.15) is 4.31 Å². The molecule has 1 aromatic rings. The quantitative estimate of drug-likeness (QED) is 0.788.